The molecule has 0 aliphatic carbocycles. The van der Waals surface area contributed by atoms with Gasteiger partial charge in [0.15, 0.2) is 0 Å². The Labute approximate surface area is 126 Å². The van der Waals surface area contributed by atoms with Crippen LogP contribution in [0.15, 0.2) is 43.0 Å². The molecule has 0 spiro atoms. The first-order valence-electron chi connectivity index (χ1n) is 7.67. The van der Waals surface area contributed by atoms with E-state index in [-0.39, 0.29) is 11.9 Å². The molecule has 1 amide bonds. The zero-order valence-corrected chi connectivity index (χ0v) is 12.3. The van der Waals surface area contributed by atoms with Crippen LogP contribution in [0.5, 0.6) is 0 Å². The molecule has 3 unspecified atom stereocenters. The number of nitrogens with zero attached hydrogens (tertiary/aromatic N) is 1. The Bertz CT molecular complexity index is 530. The minimum absolute atomic E-state index is 0.0317. The number of carbonyl (C=O) groups excluding carboxylic acids is 1. The van der Waals surface area contributed by atoms with Crippen LogP contribution in [-0.2, 0) is 10.2 Å². The number of piperidine rings is 1. The molecule has 112 valence electrons. The average molecular weight is 285 g/mol. The molecule has 0 aromatic heterocycles. The van der Waals surface area contributed by atoms with Crippen LogP contribution >= 0.6 is 0 Å². The van der Waals surface area contributed by atoms with Crippen molar-refractivity contribution in [2.45, 2.75) is 36.8 Å². The van der Waals surface area contributed by atoms with Crippen molar-refractivity contribution < 1.29 is 4.79 Å². The number of amides is 1. The van der Waals surface area contributed by atoms with Crippen molar-refractivity contribution in [3.05, 3.63) is 48.6 Å². The molecule has 1 aromatic rings. The smallest absolute Gasteiger partial charge is 0.235 e. The van der Waals surface area contributed by atoms with Gasteiger partial charge in [-0.2, -0.15) is 0 Å². The summed E-state index contributed by atoms with van der Waals surface area (Å²) >= 11 is 0. The van der Waals surface area contributed by atoms with E-state index in [1.165, 1.54) is 6.42 Å². The van der Waals surface area contributed by atoms with E-state index in [1.54, 1.807) is 6.08 Å². The van der Waals surface area contributed by atoms with Crippen LogP contribution in [0.1, 0.15) is 24.8 Å². The fraction of sp³-hybridized carbons (Fsp3) is 0.471. The Balaban J connectivity index is 2.15. The van der Waals surface area contributed by atoms with Gasteiger partial charge in [-0.05, 0) is 18.4 Å². The predicted molar refractivity (Wildman–Crippen MR) is 83.6 cm³/mol. The van der Waals surface area contributed by atoms with Gasteiger partial charge in [0.05, 0.1) is 6.67 Å². The Hall–Kier alpha value is -1.65. The number of benzene rings is 1. The van der Waals surface area contributed by atoms with Crippen LogP contribution in [0, 0.1) is 0 Å². The van der Waals surface area contributed by atoms with Crippen LogP contribution in [-0.4, -0.2) is 36.1 Å². The van der Waals surface area contributed by atoms with Crippen molar-refractivity contribution in [3.8, 4) is 0 Å². The molecule has 0 saturated carbocycles. The highest BCUT2D eigenvalue weighted by Crippen LogP contribution is 2.40. The first-order chi connectivity index (χ1) is 10.2. The molecule has 2 saturated heterocycles. The molecule has 0 bridgehead atoms. The zero-order valence-electron chi connectivity index (χ0n) is 12.3. The Morgan fingerprint density at radius 2 is 2.14 bits per heavy atom. The van der Waals surface area contributed by atoms with Crippen molar-refractivity contribution in [3.63, 3.8) is 0 Å². The van der Waals surface area contributed by atoms with Crippen LogP contribution in [0.25, 0.3) is 0 Å². The van der Waals surface area contributed by atoms with Gasteiger partial charge in [0.25, 0.3) is 0 Å². The lowest BCUT2D eigenvalue weighted by molar-refractivity contribution is -0.137. The van der Waals surface area contributed by atoms with Crippen molar-refractivity contribution in [2.24, 2.45) is 5.73 Å². The monoisotopic (exact) mass is 285 g/mol. The summed E-state index contributed by atoms with van der Waals surface area (Å²) in [5, 5.41) is 3.05. The Kier molecular flexibility index (Phi) is 3.83. The minimum atomic E-state index is -0.734. The highest BCUT2D eigenvalue weighted by molar-refractivity contribution is 5.91. The first kappa shape index (κ1) is 14.3. The molecule has 21 heavy (non-hydrogen) atoms. The molecule has 0 radical (unpaired) electrons. The van der Waals surface area contributed by atoms with Gasteiger partial charge in [-0.25, -0.2) is 0 Å². The van der Waals surface area contributed by atoms with E-state index in [2.05, 4.69) is 16.8 Å². The molecule has 4 heteroatoms. The van der Waals surface area contributed by atoms with Gasteiger partial charge in [-0.15, -0.1) is 6.58 Å². The maximum absolute atomic E-state index is 12.9. The average Bonchev–Trinajstić information content (AvgIpc) is 2.55. The summed E-state index contributed by atoms with van der Waals surface area (Å²) in [7, 11) is 0. The highest BCUT2D eigenvalue weighted by Gasteiger charge is 2.55. The molecule has 2 fully saturated rings. The second-order valence-corrected chi connectivity index (χ2v) is 5.98. The van der Waals surface area contributed by atoms with Gasteiger partial charge in [-0.3, -0.25) is 9.69 Å². The molecule has 4 nitrogen and oxygen atoms in total. The van der Waals surface area contributed by atoms with Crippen molar-refractivity contribution >= 4 is 5.91 Å². The van der Waals surface area contributed by atoms with E-state index in [4.69, 9.17) is 5.73 Å². The van der Waals surface area contributed by atoms with E-state index in [9.17, 15) is 4.79 Å². The van der Waals surface area contributed by atoms with E-state index in [1.807, 2.05) is 30.3 Å². The normalized spacial score (nSPS) is 31.1. The topological polar surface area (TPSA) is 58.4 Å². The number of nitrogens with two attached hydrogens (primary N) is 1. The molecule has 3 atom stereocenters. The summed E-state index contributed by atoms with van der Waals surface area (Å²) in [6, 6.07) is 9.70. The molecule has 3 N–H and O–H groups in total. The lowest BCUT2D eigenvalue weighted by Gasteiger charge is -2.53. The minimum Gasteiger partial charge on any atom is -0.342 e. The van der Waals surface area contributed by atoms with Crippen molar-refractivity contribution in [2.75, 3.05) is 13.2 Å². The van der Waals surface area contributed by atoms with Gasteiger partial charge in [0.1, 0.15) is 5.41 Å². The number of hydrogen-bond donors (Lipinski definition) is 2. The summed E-state index contributed by atoms with van der Waals surface area (Å²) < 4.78 is 0. The van der Waals surface area contributed by atoms with Crippen LogP contribution in [0.3, 0.4) is 0 Å². The highest BCUT2D eigenvalue weighted by atomic mass is 16.2. The Morgan fingerprint density at radius 3 is 2.86 bits per heavy atom. The largest absolute Gasteiger partial charge is 0.342 e. The molecule has 3 rings (SSSR count). The molecular weight excluding hydrogens is 262 g/mol. The second-order valence-electron chi connectivity index (χ2n) is 5.98. The number of rotatable bonds is 3. The third-order valence-corrected chi connectivity index (χ3v) is 4.99. The van der Waals surface area contributed by atoms with Crippen LogP contribution < -0.4 is 11.1 Å². The van der Waals surface area contributed by atoms with E-state index < -0.39 is 11.5 Å². The molecular formula is C17H23N3O. The lowest BCUT2D eigenvalue weighted by Crippen LogP contribution is -2.72. The number of carbonyl (C=O) groups is 1. The van der Waals surface area contributed by atoms with Crippen molar-refractivity contribution in [1.82, 2.24) is 10.2 Å². The molecule has 1 aromatic carbocycles. The first-order valence-corrected chi connectivity index (χ1v) is 7.67. The predicted octanol–water partition coefficient (Wildman–Crippen LogP) is 1.38. The lowest BCUT2D eigenvalue weighted by atomic mass is 9.64. The van der Waals surface area contributed by atoms with E-state index in [0.29, 0.717) is 6.67 Å². The molecule has 2 heterocycles. The van der Waals surface area contributed by atoms with Gasteiger partial charge in [0, 0.05) is 18.6 Å². The van der Waals surface area contributed by atoms with Gasteiger partial charge >= 0.3 is 0 Å². The second kappa shape index (κ2) is 5.62. The summed E-state index contributed by atoms with van der Waals surface area (Å²) in [6.45, 7) is 5.50. The maximum Gasteiger partial charge on any atom is 0.235 e. The van der Waals surface area contributed by atoms with Crippen LogP contribution in [0.4, 0.5) is 0 Å². The molecule has 2 aliphatic rings. The fourth-order valence-electron chi connectivity index (χ4n) is 3.96. The third kappa shape index (κ3) is 2.10. The summed E-state index contributed by atoms with van der Waals surface area (Å²) in [6.07, 6.45) is 5.04. The summed E-state index contributed by atoms with van der Waals surface area (Å²) in [5.41, 5.74) is 6.66. The van der Waals surface area contributed by atoms with E-state index >= 15 is 0 Å². The number of nitrogens with one attached hydrogen (secondary N) is 1. The fourth-order valence-corrected chi connectivity index (χ4v) is 3.96. The van der Waals surface area contributed by atoms with Crippen molar-refractivity contribution in [1.29, 1.82) is 0 Å². The van der Waals surface area contributed by atoms with Gasteiger partial charge in [0.2, 0.25) is 5.91 Å². The van der Waals surface area contributed by atoms with Crippen LogP contribution in [0.2, 0.25) is 0 Å². The number of hydrogen-bond acceptors (Lipinski definition) is 3. The summed E-state index contributed by atoms with van der Waals surface area (Å²) in [5.74, 6) is 0.0317. The SMILES string of the molecule is C=CC(N)C1(c2ccccc2)C(=O)NCN2CCCCC21. The molecule has 2 aliphatic heterocycles. The zero-order chi connectivity index (χ0) is 14.9. The quantitative estimate of drug-likeness (QED) is 0.825. The standard InChI is InChI=1S/C17H23N3O/c1-2-14(18)17(13-8-4-3-5-9-13)15-10-6-7-11-20(15)12-19-16(17)21/h2-5,8-9,14-15H,1,6-7,10-12,18H2,(H,19,21). The number of fused-ring (bicyclic) bond motifs is 1. The maximum atomic E-state index is 12.9. The van der Waals surface area contributed by atoms with Gasteiger partial charge in [-0.1, -0.05) is 42.8 Å². The summed E-state index contributed by atoms with van der Waals surface area (Å²) in [4.78, 5) is 15.3. The van der Waals surface area contributed by atoms with E-state index in [0.717, 1.165) is 24.9 Å². The van der Waals surface area contributed by atoms with Gasteiger partial charge < -0.3 is 11.1 Å². The Morgan fingerprint density at radius 1 is 1.38 bits per heavy atom. The third-order valence-electron chi connectivity index (χ3n) is 4.99.